The summed E-state index contributed by atoms with van der Waals surface area (Å²) in [6.45, 7) is -0.000824. The van der Waals surface area contributed by atoms with Crippen molar-refractivity contribution in [3.8, 4) is 5.75 Å². The van der Waals surface area contributed by atoms with Gasteiger partial charge in [-0.25, -0.2) is 0 Å². The number of hydrogen-bond acceptors (Lipinski definition) is 4. The number of carbonyl (C=O) groups is 2. The number of rotatable bonds is 4. The molecule has 23 heavy (non-hydrogen) atoms. The maximum Gasteiger partial charge on any atom is 0.255 e. The van der Waals surface area contributed by atoms with E-state index in [0.29, 0.717) is 17.0 Å². The van der Waals surface area contributed by atoms with Gasteiger partial charge < -0.3 is 20.7 Å². The fourth-order valence-corrected chi connectivity index (χ4v) is 2.75. The zero-order chi connectivity index (χ0) is 16.4. The Labute approximate surface area is 133 Å². The molecule has 0 aliphatic carbocycles. The molecule has 2 amide bonds. The Morgan fingerprint density at radius 3 is 2.78 bits per heavy atom. The summed E-state index contributed by atoms with van der Waals surface area (Å²) in [5, 5.41) is 2.92. The van der Waals surface area contributed by atoms with E-state index in [1.165, 1.54) is 0 Å². The van der Waals surface area contributed by atoms with Crippen LogP contribution < -0.4 is 20.7 Å². The fourth-order valence-electron chi connectivity index (χ4n) is 2.75. The van der Waals surface area contributed by atoms with Gasteiger partial charge in [-0.3, -0.25) is 9.59 Å². The molecule has 2 aromatic rings. The lowest BCUT2D eigenvalue weighted by Crippen LogP contribution is -2.49. The second-order valence-electron chi connectivity index (χ2n) is 5.26. The van der Waals surface area contributed by atoms with Crippen LogP contribution in [-0.4, -0.2) is 25.5 Å². The topological polar surface area (TPSA) is 84.7 Å². The Morgan fingerprint density at radius 1 is 1.26 bits per heavy atom. The average molecular weight is 311 g/mol. The molecular formula is C17H17N3O3. The van der Waals surface area contributed by atoms with Gasteiger partial charge in [-0.05, 0) is 29.8 Å². The van der Waals surface area contributed by atoms with E-state index in [4.69, 9.17) is 10.5 Å². The van der Waals surface area contributed by atoms with Crippen LogP contribution in [0.3, 0.4) is 0 Å². The molecule has 118 valence electrons. The van der Waals surface area contributed by atoms with Crippen LogP contribution in [0.25, 0.3) is 0 Å². The van der Waals surface area contributed by atoms with E-state index in [1.807, 2.05) is 36.4 Å². The van der Waals surface area contributed by atoms with Crippen molar-refractivity contribution in [2.75, 3.05) is 18.6 Å². The number of carbonyl (C=O) groups excluding carboxylic acids is 2. The number of hydrogen-bond donors (Lipinski definition) is 2. The molecule has 1 heterocycles. The second-order valence-corrected chi connectivity index (χ2v) is 5.26. The van der Waals surface area contributed by atoms with E-state index < -0.39 is 12.1 Å². The lowest BCUT2D eigenvalue weighted by atomic mass is 10.0. The summed E-state index contributed by atoms with van der Waals surface area (Å²) in [5.74, 6) is 0.0209. The summed E-state index contributed by atoms with van der Waals surface area (Å²) in [7, 11) is 1.58. The largest absolute Gasteiger partial charge is 0.497 e. The van der Waals surface area contributed by atoms with Crippen LogP contribution in [0.2, 0.25) is 0 Å². The number of methoxy groups -OCH3 is 1. The maximum atomic E-state index is 12.4. The molecule has 2 aromatic carbocycles. The van der Waals surface area contributed by atoms with Gasteiger partial charge in [0.05, 0.1) is 24.9 Å². The third-order valence-electron chi connectivity index (χ3n) is 3.77. The van der Waals surface area contributed by atoms with Crippen LogP contribution in [0.1, 0.15) is 22.1 Å². The summed E-state index contributed by atoms with van der Waals surface area (Å²) >= 11 is 0. The molecule has 0 unspecified atom stereocenters. The molecule has 6 nitrogen and oxygen atoms in total. The van der Waals surface area contributed by atoms with Gasteiger partial charge in [0.25, 0.3) is 5.91 Å². The molecule has 0 bridgehead atoms. The number of anilines is 1. The van der Waals surface area contributed by atoms with Crippen molar-refractivity contribution in [1.82, 2.24) is 5.32 Å². The second kappa shape index (κ2) is 6.00. The predicted molar refractivity (Wildman–Crippen MR) is 86.2 cm³/mol. The van der Waals surface area contributed by atoms with Gasteiger partial charge in [0.2, 0.25) is 5.91 Å². The van der Waals surface area contributed by atoms with Gasteiger partial charge in [-0.1, -0.05) is 24.3 Å². The monoisotopic (exact) mass is 311 g/mol. The zero-order valence-corrected chi connectivity index (χ0v) is 12.7. The predicted octanol–water partition coefficient (Wildman–Crippen LogP) is 1.43. The molecule has 0 saturated heterocycles. The van der Waals surface area contributed by atoms with Crippen molar-refractivity contribution in [2.24, 2.45) is 5.73 Å². The molecule has 0 fully saturated rings. The van der Waals surface area contributed by atoms with Crippen LogP contribution >= 0.6 is 0 Å². The van der Waals surface area contributed by atoms with E-state index in [9.17, 15) is 9.59 Å². The average Bonchev–Trinajstić information content (AvgIpc) is 2.57. The molecule has 3 N–H and O–H groups in total. The lowest BCUT2D eigenvalue weighted by Gasteiger charge is -2.38. The van der Waals surface area contributed by atoms with Crippen molar-refractivity contribution in [1.29, 1.82) is 0 Å². The Bertz CT molecular complexity index is 760. The molecule has 3 rings (SSSR count). The van der Waals surface area contributed by atoms with Crippen molar-refractivity contribution in [2.45, 2.75) is 6.17 Å². The first-order valence-corrected chi connectivity index (χ1v) is 7.19. The van der Waals surface area contributed by atoms with Crippen LogP contribution in [0.4, 0.5) is 5.69 Å². The van der Waals surface area contributed by atoms with Gasteiger partial charge in [0.15, 0.2) is 0 Å². The summed E-state index contributed by atoms with van der Waals surface area (Å²) < 4.78 is 5.24. The number of benzene rings is 2. The van der Waals surface area contributed by atoms with Crippen LogP contribution in [0, 0.1) is 0 Å². The number of fused-ring (bicyclic) bond motifs is 1. The summed E-state index contributed by atoms with van der Waals surface area (Å²) in [4.78, 5) is 25.7. The summed E-state index contributed by atoms with van der Waals surface area (Å²) in [5.41, 5.74) is 7.41. The highest BCUT2D eigenvalue weighted by Gasteiger charge is 2.32. The number of primary amides is 1. The van der Waals surface area contributed by atoms with E-state index in [1.54, 1.807) is 24.1 Å². The third kappa shape index (κ3) is 2.83. The number of nitrogens with zero attached hydrogens (tertiary/aromatic N) is 1. The van der Waals surface area contributed by atoms with E-state index in [2.05, 4.69) is 5.32 Å². The molecule has 6 heteroatoms. The normalized spacial score (nSPS) is 16.5. The van der Waals surface area contributed by atoms with Gasteiger partial charge in [0, 0.05) is 0 Å². The van der Waals surface area contributed by atoms with Gasteiger partial charge in [0.1, 0.15) is 11.9 Å². The lowest BCUT2D eigenvalue weighted by molar-refractivity contribution is -0.116. The molecule has 0 spiro atoms. The molecule has 1 aliphatic rings. The molecule has 1 atom stereocenters. The van der Waals surface area contributed by atoms with Crippen molar-refractivity contribution in [3.05, 3.63) is 59.7 Å². The molecule has 0 saturated carbocycles. The summed E-state index contributed by atoms with van der Waals surface area (Å²) in [6, 6.07) is 14.5. The van der Waals surface area contributed by atoms with Crippen LogP contribution in [0.5, 0.6) is 5.75 Å². The minimum Gasteiger partial charge on any atom is -0.497 e. The zero-order valence-electron chi connectivity index (χ0n) is 12.7. The first-order valence-electron chi connectivity index (χ1n) is 7.19. The van der Waals surface area contributed by atoms with E-state index in [0.717, 1.165) is 5.56 Å². The number of para-hydroxylation sites is 1. The summed E-state index contributed by atoms with van der Waals surface area (Å²) in [6.07, 6.45) is -0.486. The first-order chi connectivity index (χ1) is 11.1. The van der Waals surface area contributed by atoms with Crippen molar-refractivity contribution in [3.63, 3.8) is 0 Å². The highest BCUT2D eigenvalue weighted by atomic mass is 16.5. The first kappa shape index (κ1) is 14.9. The Hall–Kier alpha value is -3.02. The van der Waals surface area contributed by atoms with Gasteiger partial charge in [-0.15, -0.1) is 0 Å². The van der Waals surface area contributed by atoms with Gasteiger partial charge in [-0.2, -0.15) is 0 Å². The Balaban J connectivity index is 2.08. The molecular weight excluding hydrogens is 294 g/mol. The highest BCUT2D eigenvalue weighted by molar-refractivity contribution is 6.02. The van der Waals surface area contributed by atoms with E-state index in [-0.39, 0.29) is 12.5 Å². The highest BCUT2D eigenvalue weighted by Crippen LogP contribution is 2.33. The molecule has 0 radical (unpaired) electrons. The smallest absolute Gasteiger partial charge is 0.255 e. The Kier molecular flexibility index (Phi) is 3.89. The third-order valence-corrected chi connectivity index (χ3v) is 3.77. The molecule has 0 aromatic heterocycles. The Morgan fingerprint density at radius 2 is 2.04 bits per heavy atom. The van der Waals surface area contributed by atoms with Crippen molar-refractivity contribution < 1.29 is 14.3 Å². The minimum absolute atomic E-state index is 0.000824. The SMILES string of the molecule is COc1cccc([C@@H]2NC(=O)c3ccccc3N2CC(N)=O)c1. The minimum atomic E-state index is -0.486. The fraction of sp³-hybridized carbons (Fsp3) is 0.176. The number of amides is 2. The van der Waals surface area contributed by atoms with Gasteiger partial charge >= 0.3 is 0 Å². The quantitative estimate of drug-likeness (QED) is 0.894. The van der Waals surface area contributed by atoms with Crippen LogP contribution in [-0.2, 0) is 4.79 Å². The number of ether oxygens (including phenoxy) is 1. The van der Waals surface area contributed by atoms with E-state index >= 15 is 0 Å². The van der Waals surface area contributed by atoms with Crippen LogP contribution in [0.15, 0.2) is 48.5 Å². The molecule has 1 aliphatic heterocycles. The number of nitrogens with one attached hydrogen (secondary N) is 1. The maximum absolute atomic E-state index is 12.4. The standard InChI is InChI=1S/C17H17N3O3/c1-23-12-6-4-5-11(9-12)16-19-17(22)13-7-2-3-8-14(13)20(16)10-15(18)21/h2-9,16H,10H2,1H3,(H2,18,21)(H,19,22)/t16-/m1/s1. The number of nitrogens with two attached hydrogens (primary N) is 1. The van der Waals surface area contributed by atoms with Crippen molar-refractivity contribution >= 4 is 17.5 Å².